The fourth-order valence-electron chi connectivity index (χ4n) is 3.58. The minimum atomic E-state index is -0.219. The first-order valence-electron chi connectivity index (χ1n) is 9.05. The van der Waals surface area contributed by atoms with E-state index < -0.39 is 0 Å². The molecule has 1 aromatic rings. The first-order valence-corrected chi connectivity index (χ1v) is 9.05. The Labute approximate surface area is 169 Å². The van der Waals surface area contributed by atoms with Gasteiger partial charge >= 0.3 is 0 Å². The molecule has 7 heteroatoms. The van der Waals surface area contributed by atoms with Crippen LogP contribution in [0.3, 0.4) is 0 Å². The third kappa shape index (κ3) is 6.10. The molecule has 2 N–H and O–H groups in total. The topological polar surface area (TPSA) is 53.6 Å². The molecule has 0 unspecified atom stereocenters. The normalized spacial score (nSPS) is 24.2. The molecule has 0 spiro atoms. The molecular weight excluding hydrogens is 373 g/mol. The summed E-state index contributed by atoms with van der Waals surface area (Å²) in [6, 6.07) is 8.63. The van der Waals surface area contributed by atoms with Crippen LogP contribution in [0.2, 0.25) is 0 Å². The quantitative estimate of drug-likeness (QED) is 0.809. The zero-order valence-electron chi connectivity index (χ0n) is 15.6. The highest BCUT2D eigenvalue weighted by Crippen LogP contribution is 2.16. The molecule has 0 aromatic heterocycles. The van der Waals surface area contributed by atoms with Crippen LogP contribution in [0.15, 0.2) is 24.3 Å². The number of morpholine rings is 1. The van der Waals surface area contributed by atoms with Crippen molar-refractivity contribution in [1.82, 2.24) is 15.5 Å². The number of hydrogen-bond acceptors (Lipinski definition) is 4. The van der Waals surface area contributed by atoms with E-state index in [9.17, 15) is 4.79 Å². The summed E-state index contributed by atoms with van der Waals surface area (Å²) in [4.78, 5) is 14.9. The molecule has 0 aliphatic carbocycles. The van der Waals surface area contributed by atoms with Crippen LogP contribution >= 0.6 is 24.8 Å². The molecule has 148 valence electrons. The van der Waals surface area contributed by atoms with Gasteiger partial charge in [0.05, 0.1) is 12.7 Å². The molecule has 0 saturated carbocycles. The van der Waals surface area contributed by atoms with E-state index >= 15 is 0 Å². The summed E-state index contributed by atoms with van der Waals surface area (Å²) in [5.41, 5.74) is 2.75. The Morgan fingerprint density at radius 3 is 2.62 bits per heavy atom. The maximum atomic E-state index is 12.4. The predicted octanol–water partition coefficient (Wildman–Crippen LogP) is 2.30. The summed E-state index contributed by atoms with van der Waals surface area (Å²) in [6.45, 7) is 8.62. The van der Waals surface area contributed by atoms with Crippen molar-refractivity contribution in [3.8, 4) is 0 Å². The highest BCUT2D eigenvalue weighted by Gasteiger charge is 2.30. The first-order chi connectivity index (χ1) is 11.6. The number of carbonyl (C=O) groups excluding carboxylic acids is 1. The van der Waals surface area contributed by atoms with E-state index in [4.69, 9.17) is 4.74 Å². The third-order valence-corrected chi connectivity index (χ3v) is 5.19. The van der Waals surface area contributed by atoms with Crippen LogP contribution in [0.25, 0.3) is 0 Å². The first kappa shape index (κ1) is 23.2. The summed E-state index contributed by atoms with van der Waals surface area (Å²) in [6.07, 6.45) is 1.97. The van der Waals surface area contributed by atoms with E-state index in [1.165, 1.54) is 11.1 Å². The standard InChI is InChI=1S/C19H29N3O2.2ClH/c1-14-5-3-4-6-16(14)13-22-10-7-17(8-11-22)21-19(23)18-15(2)24-12-9-20-18;;/h3-6,15,17-18,20H,7-13H2,1-2H3,(H,21,23);2*1H/t15-,18+;;/m1../s1. The number of nitrogens with one attached hydrogen (secondary N) is 2. The Hall–Kier alpha value is -0.850. The molecule has 2 atom stereocenters. The van der Waals surface area contributed by atoms with Gasteiger partial charge in [-0.2, -0.15) is 0 Å². The molecule has 26 heavy (non-hydrogen) atoms. The molecule has 2 heterocycles. The summed E-state index contributed by atoms with van der Waals surface area (Å²) < 4.78 is 5.56. The summed E-state index contributed by atoms with van der Waals surface area (Å²) in [5, 5.41) is 6.47. The molecule has 1 amide bonds. The summed E-state index contributed by atoms with van der Waals surface area (Å²) in [7, 11) is 0. The van der Waals surface area contributed by atoms with Gasteiger partial charge in [0.2, 0.25) is 5.91 Å². The number of rotatable bonds is 4. The molecule has 2 saturated heterocycles. The average Bonchev–Trinajstić information content (AvgIpc) is 2.59. The van der Waals surface area contributed by atoms with Crippen LogP contribution in [-0.4, -0.2) is 55.2 Å². The highest BCUT2D eigenvalue weighted by atomic mass is 35.5. The smallest absolute Gasteiger partial charge is 0.240 e. The number of hydrogen-bond donors (Lipinski definition) is 2. The van der Waals surface area contributed by atoms with Crippen LogP contribution in [-0.2, 0) is 16.1 Å². The van der Waals surface area contributed by atoms with Gasteiger partial charge < -0.3 is 15.4 Å². The summed E-state index contributed by atoms with van der Waals surface area (Å²) in [5.74, 6) is 0.0829. The minimum Gasteiger partial charge on any atom is -0.375 e. The zero-order valence-corrected chi connectivity index (χ0v) is 17.2. The number of piperidine rings is 1. The number of halogens is 2. The fourth-order valence-corrected chi connectivity index (χ4v) is 3.58. The van der Waals surface area contributed by atoms with Crippen LogP contribution in [0, 0.1) is 6.92 Å². The maximum Gasteiger partial charge on any atom is 0.240 e. The predicted molar refractivity (Wildman–Crippen MR) is 109 cm³/mol. The van der Waals surface area contributed by atoms with Crippen molar-refractivity contribution in [2.45, 2.75) is 51.4 Å². The Balaban J connectivity index is 0.00000169. The number of amides is 1. The van der Waals surface area contributed by atoms with Crippen LogP contribution in [0.4, 0.5) is 0 Å². The highest BCUT2D eigenvalue weighted by molar-refractivity contribution is 5.85. The molecule has 0 radical (unpaired) electrons. The van der Waals surface area contributed by atoms with E-state index in [-0.39, 0.29) is 48.9 Å². The van der Waals surface area contributed by atoms with Crippen molar-refractivity contribution in [2.75, 3.05) is 26.2 Å². The van der Waals surface area contributed by atoms with Crippen molar-refractivity contribution < 1.29 is 9.53 Å². The molecular formula is C19H31Cl2N3O2. The molecule has 3 rings (SSSR count). The van der Waals surface area contributed by atoms with Crippen molar-refractivity contribution in [1.29, 1.82) is 0 Å². The monoisotopic (exact) mass is 403 g/mol. The van der Waals surface area contributed by atoms with Gasteiger partial charge in [0.15, 0.2) is 0 Å². The lowest BCUT2D eigenvalue weighted by atomic mass is 10.0. The second-order valence-corrected chi connectivity index (χ2v) is 6.99. The van der Waals surface area contributed by atoms with Gasteiger partial charge in [0.1, 0.15) is 6.04 Å². The zero-order chi connectivity index (χ0) is 16.9. The lowest BCUT2D eigenvalue weighted by Crippen LogP contribution is -2.58. The number of carbonyl (C=O) groups is 1. The molecule has 2 fully saturated rings. The van der Waals surface area contributed by atoms with Crippen LogP contribution < -0.4 is 10.6 Å². The number of likely N-dealkylation sites (tertiary alicyclic amines) is 1. The van der Waals surface area contributed by atoms with E-state index in [2.05, 4.69) is 46.7 Å². The second kappa shape index (κ2) is 11.1. The number of benzene rings is 1. The van der Waals surface area contributed by atoms with Crippen LogP contribution in [0.1, 0.15) is 30.9 Å². The van der Waals surface area contributed by atoms with Gasteiger partial charge in [-0.3, -0.25) is 9.69 Å². The van der Waals surface area contributed by atoms with Gasteiger partial charge in [0.25, 0.3) is 0 Å². The van der Waals surface area contributed by atoms with E-state index in [0.29, 0.717) is 6.61 Å². The van der Waals surface area contributed by atoms with Gasteiger partial charge in [-0.1, -0.05) is 24.3 Å². The minimum absolute atomic E-state index is 0. The molecule has 2 aliphatic rings. The second-order valence-electron chi connectivity index (χ2n) is 6.99. The largest absolute Gasteiger partial charge is 0.375 e. The van der Waals surface area contributed by atoms with Gasteiger partial charge in [0, 0.05) is 32.2 Å². The van der Waals surface area contributed by atoms with E-state index in [0.717, 1.165) is 39.0 Å². The number of ether oxygens (including phenoxy) is 1. The van der Waals surface area contributed by atoms with Gasteiger partial charge in [-0.25, -0.2) is 0 Å². The lowest BCUT2D eigenvalue weighted by molar-refractivity contribution is -0.130. The Bertz CT molecular complexity index is 565. The van der Waals surface area contributed by atoms with Crippen molar-refractivity contribution in [3.05, 3.63) is 35.4 Å². The van der Waals surface area contributed by atoms with Crippen molar-refractivity contribution in [3.63, 3.8) is 0 Å². The van der Waals surface area contributed by atoms with E-state index in [1.807, 2.05) is 6.92 Å². The lowest BCUT2D eigenvalue weighted by Gasteiger charge is -2.35. The fraction of sp³-hybridized carbons (Fsp3) is 0.632. The Morgan fingerprint density at radius 2 is 1.96 bits per heavy atom. The third-order valence-electron chi connectivity index (χ3n) is 5.19. The number of aryl methyl sites for hydroxylation is 1. The summed E-state index contributed by atoms with van der Waals surface area (Å²) >= 11 is 0. The molecule has 5 nitrogen and oxygen atoms in total. The van der Waals surface area contributed by atoms with Crippen molar-refractivity contribution in [2.24, 2.45) is 0 Å². The molecule has 0 bridgehead atoms. The molecule has 2 aliphatic heterocycles. The maximum absolute atomic E-state index is 12.4. The SMILES string of the molecule is Cc1ccccc1CN1CCC(NC(=O)[C@H]2NCCO[C@@H]2C)CC1.Cl.Cl. The Kier molecular flexibility index (Phi) is 9.90. The van der Waals surface area contributed by atoms with Crippen molar-refractivity contribution >= 4 is 30.7 Å². The Morgan fingerprint density at radius 1 is 1.27 bits per heavy atom. The van der Waals surface area contributed by atoms with E-state index in [1.54, 1.807) is 0 Å². The molecule has 1 aromatic carbocycles. The van der Waals surface area contributed by atoms with Gasteiger partial charge in [-0.15, -0.1) is 24.8 Å². The van der Waals surface area contributed by atoms with Crippen LogP contribution in [0.5, 0.6) is 0 Å². The number of nitrogens with zero attached hydrogens (tertiary/aromatic N) is 1. The average molecular weight is 404 g/mol. The van der Waals surface area contributed by atoms with Gasteiger partial charge in [-0.05, 0) is 37.8 Å².